The van der Waals surface area contributed by atoms with Crippen LogP contribution in [0.25, 0.3) is 6.08 Å². The Morgan fingerprint density at radius 2 is 1.69 bits per heavy atom. The average molecular weight is 386 g/mol. The van der Waals surface area contributed by atoms with Gasteiger partial charge in [-0.1, -0.05) is 42.5 Å². The van der Waals surface area contributed by atoms with Crippen molar-refractivity contribution < 1.29 is 23.8 Å². The predicted molar refractivity (Wildman–Crippen MR) is 109 cm³/mol. The van der Waals surface area contributed by atoms with E-state index in [1.165, 1.54) is 0 Å². The molecule has 0 spiro atoms. The minimum Gasteiger partial charge on any atom is -0.497 e. The molecule has 0 saturated carbocycles. The van der Waals surface area contributed by atoms with E-state index in [4.69, 9.17) is 14.2 Å². The van der Waals surface area contributed by atoms with Crippen LogP contribution in [0.2, 0.25) is 0 Å². The van der Waals surface area contributed by atoms with Crippen LogP contribution in [0.4, 0.5) is 0 Å². The van der Waals surface area contributed by atoms with Crippen LogP contribution in [0.1, 0.15) is 26.3 Å². The van der Waals surface area contributed by atoms with E-state index >= 15 is 0 Å². The molecule has 0 atom stereocenters. The van der Waals surface area contributed by atoms with Crippen molar-refractivity contribution in [1.82, 2.24) is 0 Å². The van der Waals surface area contributed by atoms with Gasteiger partial charge in [0.25, 0.3) is 0 Å². The van der Waals surface area contributed by atoms with Crippen molar-refractivity contribution in [2.75, 3.05) is 13.7 Å². The number of allylic oxidation sites excluding steroid dienone is 1. The summed E-state index contributed by atoms with van der Waals surface area (Å²) in [6, 6.07) is 21.2. The second-order valence-electron chi connectivity index (χ2n) is 6.45. The molecule has 5 heteroatoms. The number of carbonyl (C=O) groups is 2. The number of methoxy groups -OCH3 is 1. The number of hydrogen-bond donors (Lipinski definition) is 0. The summed E-state index contributed by atoms with van der Waals surface area (Å²) in [4.78, 5) is 24.8. The van der Waals surface area contributed by atoms with Crippen molar-refractivity contribution in [1.29, 1.82) is 0 Å². The second-order valence-corrected chi connectivity index (χ2v) is 6.45. The lowest BCUT2D eigenvalue weighted by Gasteiger charge is -2.06. The Hall–Kier alpha value is -3.86. The van der Waals surface area contributed by atoms with Gasteiger partial charge in [-0.3, -0.25) is 9.59 Å². The number of ether oxygens (including phenoxy) is 3. The molecule has 0 aromatic heterocycles. The lowest BCUT2D eigenvalue weighted by molar-refractivity contribution is 0.0921. The number of ketones is 2. The third-order valence-electron chi connectivity index (χ3n) is 4.52. The zero-order chi connectivity index (χ0) is 20.2. The van der Waals surface area contributed by atoms with Gasteiger partial charge >= 0.3 is 0 Å². The molecular formula is C24H18O5. The van der Waals surface area contributed by atoms with E-state index < -0.39 is 0 Å². The van der Waals surface area contributed by atoms with Crippen LogP contribution >= 0.6 is 0 Å². The number of hydrogen-bond acceptors (Lipinski definition) is 5. The molecule has 1 aliphatic rings. The van der Waals surface area contributed by atoms with Crippen LogP contribution in [0, 0.1) is 0 Å². The Morgan fingerprint density at radius 1 is 0.966 bits per heavy atom. The van der Waals surface area contributed by atoms with Crippen LogP contribution in [-0.4, -0.2) is 25.3 Å². The van der Waals surface area contributed by atoms with Crippen LogP contribution < -0.4 is 14.2 Å². The van der Waals surface area contributed by atoms with E-state index in [9.17, 15) is 9.59 Å². The molecule has 1 heterocycles. The first-order valence-electron chi connectivity index (χ1n) is 9.07. The number of fused-ring (bicyclic) bond motifs is 1. The Labute approximate surface area is 168 Å². The van der Waals surface area contributed by atoms with Crippen LogP contribution in [0.5, 0.6) is 17.2 Å². The van der Waals surface area contributed by atoms with Crippen molar-refractivity contribution in [3.63, 3.8) is 0 Å². The smallest absolute Gasteiger partial charge is 0.231 e. The lowest BCUT2D eigenvalue weighted by Crippen LogP contribution is -2.11. The summed E-state index contributed by atoms with van der Waals surface area (Å²) in [5, 5.41) is 0. The minimum atomic E-state index is -0.192. The van der Waals surface area contributed by atoms with E-state index in [-0.39, 0.29) is 23.9 Å². The van der Waals surface area contributed by atoms with Crippen molar-refractivity contribution in [2.45, 2.75) is 0 Å². The maximum Gasteiger partial charge on any atom is 0.231 e. The van der Waals surface area contributed by atoms with Crippen molar-refractivity contribution in [3.8, 4) is 17.2 Å². The van der Waals surface area contributed by atoms with Gasteiger partial charge in [0.05, 0.1) is 12.7 Å². The Bertz CT molecular complexity index is 1080. The fraction of sp³-hybridized carbons (Fsp3) is 0.0833. The molecule has 5 nitrogen and oxygen atoms in total. The highest BCUT2D eigenvalue weighted by Crippen LogP contribution is 2.35. The molecular weight excluding hydrogens is 368 g/mol. The summed E-state index contributed by atoms with van der Waals surface area (Å²) in [5.74, 6) is 1.54. The van der Waals surface area contributed by atoms with Crippen molar-refractivity contribution in [3.05, 3.63) is 95.2 Å². The summed E-state index contributed by atoms with van der Waals surface area (Å²) < 4.78 is 16.5. The van der Waals surface area contributed by atoms with Gasteiger partial charge in [0.2, 0.25) is 5.78 Å². The van der Waals surface area contributed by atoms with Gasteiger partial charge in [-0.15, -0.1) is 0 Å². The molecule has 0 amide bonds. The highest BCUT2D eigenvalue weighted by atomic mass is 16.5. The number of benzene rings is 3. The number of carbonyl (C=O) groups excluding carboxylic acids is 2. The molecule has 144 valence electrons. The van der Waals surface area contributed by atoms with Gasteiger partial charge in [-0.25, -0.2) is 0 Å². The Morgan fingerprint density at radius 3 is 2.41 bits per heavy atom. The summed E-state index contributed by atoms with van der Waals surface area (Å²) >= 11 is 0. The highest BCUT2D eigenvalue weighted by molar-refractivity contribution is 6.14. The molecule has 3 aromatic carbocycles. The molecule has 0 radical (unpaired) electrons. The number of rotatable bonds is 6. The molecule has 4 rings (SSSR count). The monoisotopic (exact) mass is 386 g/mol. The van der Waals surface area contributed by atoms with E-state index in [0.29, 0.717) is 22.6 Å². The third kappa shape index (κ3) is 4.04. The Balaban J connectivity index is 1.46. The topological polar surface area (TPSA) is 61.8 Å². The van der Waals surface area contributed by atoms with E-state index in [2.05, 4.69) is 0 Å². The second kappa shape index (κ2) is 8.02. The summed E-state index contributed by atoms with van der Waals surface area (Å²) in [6.07, 6.45) is 1.68. The summed E-state index contributed by atoms with van der Waals surface area (Å²) in [7, 11) is 1.60. The molecule has 0 fully saturated rings. The first kappa shape index (κ1) is 18.5. The van der Waals surface area contributed by atoms with Crippen LogP contribution in [-0.2, 0) is 0 Å². The zero-order valence-corrected chi connectivity index (χ0v) is 15.8. The molecule has 1 aliphatic heterocycles. The van der Waals surface area contributed by atoms with Crippen molar-refractivity contribution >= 4 is 17.6 Å². The first-order chi connectivity index (χ1) is 14.1. The minimum absolute atomic E-state index is 0.0920. The largest absolute Gasteiger partial charge is 0.497 e. The third-order valence-corrected chi connectivity index (χ3v) is 4.52. The Kier molecular flexibility index (Phi) is 5.12. The summed E-state index contributed by atoms with van der Waals surface area (Å²) in [5.41, 5.74) is 1.88. The van der Waals surface area contributed by atoms with Crippen molar-refractivity contribution in [2.24, 2.45) is 0 Å². The maximum absolute atomic E-state index is 12.6. The van der Waals surface area contributed by atoms with E-state index in [0.717, 1.165) is 11.3 Å². The maximum atomic E-state index is 12.6. The fourth-order valence-electron chi connectivity index (χ4n) is 2.96. The van der Waals surface area contributed by atoms with E-state index in [1.807, 2.05) is 30.3 Å². The van der Waals surface area contributed by atoms with Gasteiger partial charge in [0.1, 0.15) is 17.2 Å². The normalized spacial score (nSPS) is 13.7. The molecule has 29 heavy (non-hydrogen) atoms. The van der Waals surface area contributed by atoms with Crippen LogP contribution in [0.3, 0.4) is 0 Å². The van der Waals surface area contributed by atoms with Gasteiger partial charge in [0.15, 0.2) is 18.1 Å². The molecule has 0 saturated heterocycles. The molecule has 0 unspecified atom stereocenters. The van der Waals surface area contributed by atoms with Crippen LogP contribution in [0.15, 0.2) is 78.6 Å². The molecule has 0 aliphatic carbocycles. The van der Waals surface area contributed by atoms with Gasteiger partial charge < -0.3 is 14.2 Å². The summed E-state index contributed by atoms with van der Waals surface area (Å²) in [6.45, 7) is -0.0920. The molecule has 0 bridgehead atoms. The number of Topliss-reactive ketones (excluding diaryl/α,β-unsaturated/α-hetero) is 2. The lowest BCUT2D eigenvalue weighted by atomic mass is 10.1. The zero-order valence-electron chi connectivity index (χ0n) is 15.8. The van der Waals surface area contributed by atoms with E-state index in [1.54, 1.807) is 55.7 Å². The average Bonchev–Trinajstić information content (AvgIpc) is 3.07. The van der Waals surface area contributed by atoms with Gasteiger partial charge in [-0.2, -0.15) is 0 Å². The SMILES string of the molecule is COc1ccc(C=C2Oc3cc(OCC(=O)c4ccccc4)ccc3C2=O)cc1. The fourth-order valence-corrected chi connectivity index (χ4v) is 2.96. The standard InChI is InChI=1S/C24H18O5/c1-27-18-9-7-16(8-10-18)13-23-24(26)20-12-11-19(14-22(20)29-23)28-15-21(25)17-5-3-2-4-6-17/h2-14H,15H2,1H3. The molecule has 3 aromatic rings. The quantitative estimate of drug-likeness (QED) is 0.459. The van der Waals surface area contributed by atoms with Gasteiger partial charge in [0, 0.05) is 11.6 Å². The highest BCUT2D eigenvalue weighted by Gasteiger charge is 2.27. The van der Waals surface area contributed by atoms with Gasteiger partial charge in [-0.05, 0) is 35.9 Å². The molecule has 0 N–H and O–H groups in total. The first-order valence-corrected chi connectivity index (χ1v) is 9.07. The predicted octanol–water partition coefficient (Wildman–Crippen LogP) is 4.57.